The molecule has 2 heterocycles. The molecule has 0 atom stereocenters. The van der Waals surface area contributed by atoms with Crippen molar-refractivity contribution in [2.45, 2.75) is 37.6 Å². The van der Waals surface area contributed by atoms with Gasteiger partial charge >= 0.3 is 0 Å². The molecule has 1 aromatic carbocycles. The molecule has 1 N–H and O–H groups in total. The van der Waals surface area contributed by atoms with E-state index in [-0.39, 0.29) is 16.8 Å². The summed E-state index contributed by atoms with van der Waals surface area (Å²) in [5.41, 5.74) is 1.34. The lowest BCUT2D eigenvalue weighted by molar-refractivity contribution is -0.114. The first-order valence-electron chi connectivity index (χ1n) is 8.10. The molecule has 0 saturated carbocycles. The second kappa shape index (κ2) is 6.93. The van der Waals surface area contributed by atoms with Gasteiger partial charge in [-0.3, -0.25) is 4.79 Å². The van der Waals surface area contributed by atoms with Crippen molar-refractivity contribution in [2.24, 2.45) is 0 Å². The molecule has 0 aliphatic carbocycles. The van der Waals surface area contributed by atoms with Gasteiger partial charge in [-0.25, -0.2) is 18.1 Å². The normalized spacial score (nSPS) is 16.7. The smallest absolute Gasteiger partial charge is 0.243 e. The predicted molar refractivity (Wildman–Crippen MR) is 92.5 cm³/mol. The second-order valence-corrected chi connectivity index (χ2v) is 8.11. The average Bonchev–Trinajstić information content (AvgIpc) is 3.11. The lowest BCUT2D eigenvalue weighted by Crippen LogP contribution is -2.39. The number of carbonyl (C=O) groups excluding carboxylic acids is 1. The van der Waals surface area contributed by atoms with Crippen LogP contribution in [0.5, 0.6) is 0 Å². The third kappa shape index (κ3) is 3.72. The van der Waals surface area contributed by atoms with Gasteiger partial charge < -0.3 is 5.32 Å². The van der Waals surface area contributed by atoms with Crippen LogP contribution in [0, 0.1) is 6.92 Å². The summed E-state index contributed by atoms with van der Waals surface area (Å²) in [5, 5.41) is 6.81. The summed E-state index contributed by atoms with van der Waals surface area (Å²) in [5.74, 6) is -0.230. The summed E-state index contributed by atoms with van der Waals surface area (Å²) in [6.07, 6.45) is 4.52. The Kier molecular flexibility index (Phi) is 4.87. The van der Waals surface area contributed by atoms with Gasteiger partial charge in [-0.2, -0.15) is 9.40 Å². The van der Waals surface area contributed by atoms with Crippen LogP contribution in [0.1, 0.15) is 31.4 Å². The molecule has 25 heavy (non-hydrogen) atoms. The number of aromatic nitrogens is 3. The molecule has 0 radical (unpaired) electrons. The van der Waals surface area contributed by atoms with E-state index >= 15 is 0 Å². The van der Waals surface area contributed by atoms with E-state index in [1.54, 1.807) is 23.1 Å². The molecule has 1 fully saturated rings. The topological polar surface area (TPSA) is 97.2 Å². The maximum Gasteiger partial charge on any atom is 0.243 e. The molecule has 134 valence electrons. The van der Waals surface area contributed by atoms with Gasteiger partial charge in [0, 0.05) is 25.7 Å². The lowest BCUT2D eigenvalue weighted by Gasteiger charge is -2.31. The van der Waals surface area contributed by atoms with Crippen molar-refractivity contribution < 1.29 is 13.2 Å². The second-order valence-electron chi connectivity index (χ2n) is 6.17. The van der Waals surface area contributed by atoms with Crippen LogP contribution in [-0.4, -0.2) is 46.5 Å². The van der Waals surface area contributed by atoms with Crippen molar-refractivity contribution in [3.8, 4) is 0 Å². The minimum atomic E-state index is -3.59. The van der Waals surface area contributed by atoms with Gasteiger partial charge in [0.2, 0.25) is 15.9 Å². The number of amides is 1. The first kappa shape index (κ1) is 17.6. The van der Waals surface area contributed by atoms with Crippen molar-refractivity contribution in [3.63, 3.8) is 0 Å². The molecular weight excluding hydrogens is 342 g/mol. The van der Waals surface area contributed by atoms with E-state index in [9.17, 15) is 13.2 Å². The zero-order valence-electron chi connectivity index (χ0n) is 14.2. The maximum absolute atomic E-state index is 12.9. The Morgan fingerprint density at radius 2 is 2.00 bits per heavy atom. The highest BCUT2D eigenvalue weighted by Gasteiger charge is 2.30. The Labute approximate surface area is 146 Å². The number of nitrogens with zero attached hydrogens (tertiary/aromatic N) is 4. The highest BCUT2D eigenvalue weighted by Crippen LogP contribution is 2.28. The largest absolute Gasteiger partial charge is 0.326 e. The number of piperidine rings is 1. The van der Waals surface area contributed by atoms with Gasteiger partial charge in [-0.05, 0) is 37.5 Å². The van der Waals surface area contributed by atoms with Gasteiger partial charge in [0.05, 0.1) is 10.9 Å². The first-order valence-corrected chi connectivity index (χ1v) is 9.54. The third-order valence-electron chi connectivity index (χ3n) is 4.39. The van der Waals surface area contributed by atoms with Crippen molar-refractivity contribution in [2.75, 3.05) is 18.4 Å². The molecule has 2 aromatic rings. The average molecular weight is 363 g/mol. The first-order chi connectivity index (χ1) is 11.9. The summed E-state index contributed by atoms with van der Waals surface area (Å²) >= 11 is 0. The van der Waals surface area contributed by atoms with Gasteiger partial charge in [0.25, 0.3) is 0 Å². The van der Waals surface area contributed by atoms with Crippen LogP contribution >= 0.6 is 0 Å². The number of benzene rings is 1. The van der Waals surface area contributed by atoms with Crippen molar-refractivity contribution in [3.05, 3.63) is 36.4 Å². The fourth-order valence-corrected chi connectivity index (χ4v) is 4.48. The number of anilines is 1. The Balaban J connectivity index is 1.77. The van der Waals surface area contributed by atoms with Crippen LogP contribution in [0.3, 0.4) is 0 Å². The van der Waals surface area contributed by atoms with E-state index in [1.165, 1.54) is 23.6 Å². The molecular formula is C16H21N5O3S. The molecule has 1 amide bonds. The number of carbonyl (C=O) groups is 1. The number of nitrogens with one attached hydrogen (secondary N) is 1. The van der Waals surface area contributed by atoms with Crippen LogP contribution < -0.4 is 5.32 Å². The number of aryl methyl sites for hydroxylation is 1. The molecule has 1 aromatic heterocycles. The number of rotatable bonds is 4. The van der Waals surface area contributed by atoms with Crippen LogP contribution in [-0.2, 0) is 14.8 Å². The van der Waals surface area contributed by atoms with Gasteiger partial charge in [0.15, 0.2) is 0 Å². The Bertz CT molecular complexity index is 856. The molecule has 1 saturated heterocycles. The van der Waals surface area contributed by atoms with E-state index in [0.29, 0.717) is 31.6 Å². The summed E-state index contributed by atoms with van der Waals surface area (Å²) in [7, 11) is -3.59. The van der Waals surface area contributed by atoms with Crippen molar-refractivity contribution in [1.82, 2.24) is 19.1 Å². The predicted octanol–water partition coefficient (Wildman–Crippen LogP) is 1.57. The fourth-order valence-electron chi connectivity index (χ4n) is 2.99. The molecule has 0 unspecified atom stereocenters. The Morgan fingerprint density at radius 1 is 1.28 bits per heavy atom. The molecule has 1 aliphatic rings. The molecule has 3 rings (SSSR count). The van der Waals surface area contributed by atoms with E-state index in [4.69, 9.17) is 0 Å². The zero-order valence-corrected chi connectivity index (χ0v) is 15.0. The third-order valence-corrected chi connectivity index (χ3v) is 6.29. The number of hydrogen-bond donors (Lipinski definition) is 1. The van der Waals surface area contributed by atoms with E-state index in [0.717, 1.165) is 5.56 Å². The molecule has 9 heteroatoms. The summed E-state index contributed by atoms with van der Waals surface area (Å²) < 4.78 is 29.1. The van der Waals surface area contributed by atoms with E-state index in [2.05, 4.69) is 15.4 Å². The summed E-state index contributed by atoms with van der Waals surface area (Å²) in [6.45, 7) is 4.08. The SMILES string of the molecule is CC(=O)Nc1cc(S(=O)(=O)N2CCC(n3cncn3)CC2)ccc1C. The maximum atomic E-state index is 12.9. The zero-order chi connectivity index (χ0) is 18.0. The van der Waals surface area contributed by atoms with E-state index < -0.39 is 10.0 Å². The Hall–Kier alpha value is -2.26. The molecule has 1 aliphatic heterocycles. The van der Waals surface area contributed by atoms with Crippen LogP contribution in [0.2, 0.25) is 0 Å². The molecule has 8 nitrogen and oxygen atoms in total. The monoisotopic (exact) mass is 363 g/mol. The van der Waals surface area contributed by atoms with E-state index in [1.807, 2.05) is 6.92 Å². The quantitative estimate of drug-likeness (QED) is 0.889. The molecule has 0 bridgehead atoms. The van der Waals surface area contributed by atoms with Gasteiger partial charge in [-0.1, -0.05) is 6.07 Å². The number of hydrogen-bond acceptors (Lipinski definition) is 5. The summed E-state index contributed by atoms with van der Waals surface area (Å²) in [6, 6.07) is 4.98. The van der Waals surface area contributed by atoms with Crippen LogP contribution in [0.4, 0.5) is 5.69 Å². The lowest BCUT2D eigenvalue weighted by atomic mass is 10.1. The van der Waals surface area contributed by atoms with Crippen molar-refractivity contribution >= 4 is 21.6 Å². The van der Waals surface area contributed by atoms with Gasteiger partial charge in [0.1, 0.15) is 12.7 Å². The number of sulfonamides is 1. The van der Waals surface area contributed by atoms with Crippen molar-refractivity contribution in [1.29, 1.82) is 0 Å². The minimum absolute atomic E-state index is 0.168. The molecule has 0 spiro atoms. The fraction of sp³-hybridized carbons (Fsp3) is 0.438. The highest BCUT2D eigenvalue weighted by molar-refractivity contribution is 7.89. The van der Waals surface area contributed by atoms with Gasteiger partial charge in [-0.15, -0.1) is 0 Å². The van der Waals surface area contributed by atoms with Crippen LogP contribution in [0.25, 0.3) is 0 Å². The highest BCUT2D eigenvalue weighted by atomic mass is 32.2. The van der Waals surface area contributed by atoms with Crippen LogP contribution in [0.15, 0.2) is 35.7 Å². The minimum Gasteiger partial charge on any atom is -0.326 e. The summed E-state index contributed by atoms with van der Waals surface area (Å²) in [4.78, 5) is 15.4. The Morgan fingerprint density at radius 3 is 2.60 bits per heavy atom. The standard InChI is InChI=1S/C16H21N5O3S/c1-12-3-4-15(9-16(12)19-13(2)22)25(23,24)20-7-5-14(6-8-20)21-11-17-10-18-21/h3-4,9-11,14H,5-8H2,1-2H3,(H,19,22).